The fourth-order valence-electron chi connectivity index (χ4n) is 3.26. The highest BCUT2D eigenvalue weighted by molar-refractivity contribution is 7.89. The van der Waals surface area contributed by atoms with Crippen molar-refractivity contribution in [3.8, 4) is 0 Å². The average Bonchev–Trinajstić information content (AvgIpc) is 3.19. The fraction of sp³-hybridized carbons (Fsp3) is 0.667. The van der Waals surface area contributed by atoms with Crippen LogP contribution in [-0.2, 0) is 21.4 Å². The van der Waals surface area contributed by atoms with E-state index in [0.29, 0.717) is 38.4 Å². The van der Waals surface area contributed by atoms with Crippen LogP contribution in [0.15, 0.2) is 21.6 Å². The summed E-state index contributed by atoms with van der Waals surface area (Å²) >= 11 is 0. The molecule has 1 N–H and O–H groups in total. The van der Waals surface area contributed by atoms with Crippen molar-refractivity contribution in [3.05, 3.63) is 17.9 Å². The quantitative estimate of drug-likeness (QED) is 0.839. The van der Waals surface area contributed by atoms with E-state index in [2.05, 4.69) is 0 Å². The molecule has 0 amide bonds. The third-order valence-electron chi connectivity index (χ3n) is 4.53. The number of hydrogen-bond acceptors (Lipinski definition) is 5. The number of carboxylic acid groups (broad SMARTS) is 1. The molecule has 0 aliphatic carbocycles. The molecule has 2 saturated heterocycles. The van der Waals surface area contributed by atoms with Gasteiger partial charge in [-0.25, -0.2) is 8.42 Å². The molecule has 1 aromatic heterocycles. The second-order valence-electron chi connectivity index (χ2n) is 6.24. The van der Waals surface area contributed by atoms with Crippen LogP contribution in [0.1, 0.15) is 31.4 Å². The summed E-state index contributed by atoms with van der Waals surface area (Å²) in [4.78, 5) is 13.1. The molecule has 3 rings (SSSR count). The number of sulfonamides is 1. The predicted octanol–water partition coefficient (Wildman–Crippen LogP) is 1.78. The predicted molar refractivity (Wildman–Crippen MR) is 89.6 cm³/mol. The maximum absolute atomic E-state index is 12.4. The number of carbonyl (C=O) groups is 1. The van der Waals surface area contributed by atoms with Crippen LogP contribution < -0.4 is 0 Å². The van der Waals surface area contributed by atoms with Gasteiger partial charge >= 0.3 is 5.97 Å². The zero-order valence-electron chi connectivity index (χ0n) is 13.4. The van der Waals surface area contributed by atoms with Gasteiger partial charge in [0.25, 0.3) is 10.0 Å². The van der Waals surface area contributed by atoms with Crippen LogP contribution in [0.4, 0.5) is 0 Å². The number of piperidine rings is 1. The van der Waals surface area contributed by atoms with Gasteiger partial charge in [-0.2, -0.15) is 4.31 Å². The topological polar surface area (TPSA) is 91.1 Å². The van der Waals surface area contributed by atoms with E-state index in [9.17, 15) is 13.2 Å². The van der Waals surface area contributed by atoms with Crippen molar-refractivity contribution >= 4 is 28.4 Å². The monoisotopic (exact) mass is 378 g/mol. The molecule has 1 unspecified atom stereocenters. The van der Waals surface area contributed by atoms with Gasteiger partial charge in [-0.3, -0.25) is 9.69 Å². The molecule has 2 aliphatic rings. The van der Waals surface area contributed by atoms with Gasteiger partial charge in [0.15, 0.2) is 0 Å². The van der Waals surface area contributed by atoms with Gasteiger partial charge in [0.1, 0.15) is 5.76 Å². The summed E-state index contributed by atoms with van der Waals surface area (Å²) in [7, 11) is -3.53. The molecule has 1 aromatic rings. The zero-order valence-corrected chi connectivity index (χ0v) is 15.0. The summed E-state index contributed by atoms with van der Waals surface area (Å²) < 4.78 is 31.8. The zero-order chi connectivity index (χ0) is 16.4. The van der Waals surface area contributed by atoms with Crippen molar-refractivity contribution in [2.24, 2.45) is 5.92 Å². The Kier molecular flexibility index (Phi) is 6.30. The lowest BCUT2D eigenvalue weighted by molar-refractivity contribution is -0.143. The van der Waals surface area contributed by atoms with E-state index in [0.717, 1.165) is 25.8 Å². The minimum absolute atomic E-state index is 0. The van der Waals surface area contributed by atoms with Crippen molar-refractivity contribution in [2.45, 2.75) is 37.3 Å². The summed E-state index contributed by atoms with van der Waals surface area (Å²) in [5.41, 5.74) is 0. The van der Waals surface area contributed by atoms with E-state index >= 15 is 0 Å². The lowest BCUT2D eigenvalue weighted by Crippen LogP contribution is -2.38. The molecule has 0 saturated carbocycles. The summed E-state index contributed by atoms with van der Waals surface area (Å²) in [5.74, 6) is -0.563. The first-order valence-electron chi connectivity index (χ1n) is 8.01. The molecule has 7 nitrogen and oxygen atoms in total. The van der Waals surface area contributed by atoms with Crippen LogP contribution >= 0.6 is 12.4 Å². The van der Waals surface area contributed by atoms with Crippen LogP contribution in [-0.4, -0.2) is 54.9 Å². The number of nitrogens with zero attached hydrogens (tertiary/aromatic N) is 2. The van der Waals surface area contributed by atoms with Crippen LogP contribution in [0, 0.1) is 5.92 Å². The van der Waals surface area contributed by atoms with Crippen LogP contribution in [0.2, 0.25) is 0 Å². The maximum atomic E-state index is 12.4. The Balaban J connectivity index is 0.00000208. The Bertz CT molecular complexity index is 669. The van der Waals surface area contributed by atoms with E-state index in [1.807, 2.05) is 4.90 Å². The minimum Gasteiger partial charge on any atom is -0.481 e. The number of carboxylic acids is 1. The molecule has 0 aromatic carbocycles. The van der Waals surface area contributed by atoms with Crippen molar-refractivity contribution in [2.75, 3.05) is 26.2 Å². The van der Waals surface area contributed by atoms with Gasteiger partial charge < -0.3 is 9.52 Å². The Morgan fingerprint density at radius 1 is 1.21 bits per heavy atom. The minimum atomic E-state index is -3.53. The third-order valence-corrected chi connectivity index (χ3v) is 6.30. The molecule has 136 valence electrons. The van der Waals surface area contributed by atoms with Crippen molar-refractivity contribution in [1.82, 2.24) is 9.21 Å². The number of aliphatic carboxylic acids is 1. The molecule has 0 radical (unpaired) electrons. The van der Waals surface area contributed by atoms with Crippen LogP contribution in [0.3, 0.4) is 0 Å². The number of furan rings is 1. The van der Waals surface area contributed by atoms with Gasteiger partial charge in [0, 0.05) is 19.6 Å². The van der Waals surface area contributed by atoms with E-state index in [-0.39, 0.29) is 23.4 Å². The summed E-state index contributed by atoms with van der Waals surface area (Å²) in [6.07, 6.45) is 3.30. The second-order valence-corrected chi connectivity index (χ2v) is 8.11. The Hall–Kier alpha value is -1.09. The molecule has 3 heterocycles. The van der Waals surface area contributed by atoms with Gasteiger partial charge in [0.2, 0.25) is 5.09 Å². The number of hydrogen-bond donors (Lipinski definition) is 1. The molecular weight excluding hydrogens is 356 g/mol. The van der Waals surface area contributed by atoms with E-state index in [1.165, 1.54) is 10.4 Å². The highest BCUT2D eigenvalue weighted by atomic mass is 35.5. The fourth-order valence-corrected chi connectivity index (χ4v) is 4.70. The molecular formula is C15H23ClN2O5S. The van der Waals surface area contributed by atoms with Gasteiger partial charge in [-0.1, -0.05) is 0 Å². The third kappa shape index (κ3) is 4.11. The summed E-state index contributed by atoms with van der Waals surface area (Å²) in [6.45, 7) is 2.82. The molecule has 2 fully saturated rings. The van der Waals surface area contributed by atoms with Crippen molar-refractivity contribution < 1.29 is 22.7 Å². The maximum Gasteiger partial charge on any atom is 0.307 e. The normalized spacial score (nSPS) is 23.1. The Morgan fingerprint density at radius 2 is 1.92 bits per heavy atom. The van der Waals surface area contributed by atoms with E-state index < -0.39 is 16.0 Å². The standard InChI is InChI=1S/C15H22N2O5S.ClH/c18-15(19)12-4-3-7-16(10-12)11-13-5-6-14(22-13)23(20,21)17-8-1-2-9-17;/h5-6,12H,1-4,7-11H2,(H,18,19);1H. The van der Waals surface area contributed by atoms with Crippen LogP contribution in [0.25, 0.3) is 0 Å². The van der Waals surface area contributed by atoms with Crippen molar-refractivity contribution in [1.29, 1.82) is 0 Å². The van der Waals surface area contributed by atoms with Crippen molar-refractivity contribution in [3.63, 3.8) is 0 Å². The van der Waals surface area contributed by atoms with Crippen LogP contribution in [0.5, 0.6) is 0 Å². The number of likely N-dealkylation sites (tertiary alicyclic amines) is 1. The Labute approximate surface area is 148 Å². The molecule has 1 atom stereocenters. The van der Waals surface area contributed by atoms with Gasteiger partial charge in [-0.15, -0.1) is 12.4 Å². The first kappa shape index (κ1) is 19.2. The van der Waals surface area contributed by atoms with E-state index in [4.69, 9.17) is 9.52 Å². The summed E-state index contributed by atoms with van der Waals surface area (Å²) in [6, 6.07) is 3.18. The molecule has 0 bridgehead atoms. The molecule has 24 heavy (non-hydrogen) atoms. The smallest absolute Gasteiger partial charge is 0.307 e. The molecule has 9 heteroatoms. The first-order valence-corrected chi connectivity index (χ1v) is 9.45. The number of rotatable bonds is 5. The lowest BCUT2D eigenvalue weighted by Gasteiger charge is -2.29. The Morgan fingerprint density at radius 3 is 2.58 bits per heavy atom. The second kappa shape index (κ2) is 7.86. The number of halogens is 1. The molecule has 2 aliphatic heterocycles. The average molecular weight is 379 g/mol. The summed E-state index contributed by atoms with van der Waals surface area (Å²) in [5, 5.41) is 9.11. The SMILES string of the molecule is Cl.O=C(O)C1CCCN(Cc2ccc(S(=O)(=O)N3CCCC3)o2)C1. The lowest BCUT2D eigenvalue weighted by atomic mass is 9.98. The largest absolute Gasteiger partial charge is 0.481 e. The first-order chi connectivity index (χ1) is 11.0. The highest BCUT2D eigenvalue weighted by Gasteiger charge is 2.31. The molecule has 0 spiro atoms. The highest BCUT2D eigenvalue weighted by Crippen LogP contribution is 2.24. The van der Waals surface area contributed by atoms with Gasteiger partial charge in [-0.05, 0) is 44.4 Å². The van der Waals surface area contributed by atoms with Gasteiger partial charge in [0.05, 0.1) is 12.5 Å². The van der Waals surface area contributed by atoms with E-state index in [1.54, 1.807) is 6.07 Å².